The van der Waals surface area contributed by atoms with Crippen LogP contribution in [0, 0.1) is 6.92 Å². The van der Waals surface area contributed by atoms with Gasteiger partial charge in [0.2, 0.25) is 11.8 Å². The van der Waals surface area contributed by atoms with Gasteiger partial charge in [-0.25, -0.2) is 19.7 Å². The van der Waals surface area contributed by atoms with Crippen molar-refractivity contribution in [2.45, 2.75) is 71.6 Å². The van der Waals surface area contributed by atoms with Gasteiger partial charge >= 0.3 is 6.09 Å². The highest BCUT2D eigenvalue weighted by Gasteiger charge is 2.28. The zero-order valence-corrected chi connectivity index (χ0v) is 26.1. The molecule has 5 rings (SSSR count). The summed E-state index contributed by atoms with van der Waals surface area (Å²) in [5.74, 6) is 1.61. The van der Waals surface area contributed by atoms with Crippen LogP contribution in [0.4, 0.5) is 16.4 Å². The molecule has 10 nitrogen and oxygen atoms in total. The molecule has 2 atom stereocenters. The lowest BCUT2D eigenvalue weighted by Crippen LogP contribution is -2.47. The lowest BCUT2D eigenvalue weighted by Gasteiger charge is -2.34. The third kappa shape index (κ3) is 7.55. The molecule has 3 heterocycles. The largest absolute Gasteiger partial charge is 0.444 e. The van der Waals surface area contributed by atoms with Gasteiger partial charge in [0.15, 0.2) is 0 Å². The minimum absolute atomic E-state index is 0.00397. The summed E-state index contributed by atoms with van der Waals surface area (Å²) in [5, 5.41) is 18.8. The molecule has 0 radical (unpaired) electrons. The Labute approximate surface area is 258 Å². The van der Waals surface area contributed by atoms with E-state index in [-0.39, 0.29) is 12.1 Å². The van der Waals surface area contributed by atoms with Crippen molar-refractivity contribution < 1.29 is 19.4 Å². The molecule has 0 aliphatic carbocycles. The van der Waals surface area contributed by atoms with E-state index in [1.807, 2.05) is 77.1 Å². The van der Waals surface area contributed by atoms with Gasteiger partial charge in [-0.1, -0.05) is 31.2 Å². The fourth-order valence-corrected chi connectivity index (χ4v) is 5.21. The van der Waals surface area contributed by atoms with Crippen LogP contribution >= 0.6 is 0 Å². The van der Waals surface area contributed by atoms with E-state index in [1.54, 1.807) is 17.3 Å². The minimum atomic E-state index is -0.541. The van der Waals surface area contributed by atoms with E-state index in [2.05, 4.69) is 26.7 Å². The number of benzene rings is 2. The number of amides is 1. The van der Waals surface area contributed by atoms with Crippen molar-refractivity contribution in [1.29, 1.82) is 0 Å². The first-order chi connectivity index (χ1) is 21.1. The maximum absolute atomic E-state index is 12.6. The number of piperidine rings is 1. The molecule has 1 aliphatic rings. The molecule has 1 aliphatic heterocycles. The average Bonchev–Trinajstić information content (AvgIpc) is 3.01. The molecule has 1 saturated heterocycles. The van der Waals surface area contributed by atoms with Gasteiger partial charge in [-0.15, -0.1) is 0 Å². The van der Waals surface area contributed by atoms with Gasteiger partial charge in [-0.05, 0) is 76.8 Å². The maximum atomic E-state index is 12.6. The normalized spacial score (nSPS) is 16.0. The van der Waals surface area contributed by atoms with E-state index in [9.17, 15) is 9.90 Å². The summed E-state index contributed by atoms with van der Waals surface area (Å²) in [4.78, 5) is 28.2. The summed E-state index contributed by atoms with van der Waals surface area (Å²) < 4.78 is 12.1. The summed E-state index contributed by atoms with van der Waals surface area (Å²) in [7, 11) is 0. The van der Waals surface area contributed by atoms with Crippen LogP contribution in [0.3, 0.4) is 0 Å². The number of likely N-dealkylation sites (tertiary alicyclic amines) is 1. The first-order valence-electron chi connectivity index (χ1n) is 15.3. The van der Waals surface area contributed by atoms with Crippen molar-refractivity contribution >= 4 is 28.5 Å². The maximum Gasteiger partial charge on any atom is 0.410 e. The molecule has 44 heavy (non-hydrogen) atoms. The highest BCUT2D eigenvalue weighted by Crippen LogP contribution is 2.38. The summed E-state index contributed by atoms with van der Waals surface area (Å²) in [6.45, 7) is 11.2. The molecular weight excluding hydrogens is 556 g/mol. The van der Waals surface area contributed by atoms with Crippen molar-refractivity contribution in [2.75, 3.05) is 30.3 Å². The number of carbonyl (C=O) groups excluding carboxylic acids is 1. The number of aliphatic hydroxyl groups excluding tert-OH is 1. The molecule has 2 aromatic heterocycles. The summed E-state index contributed by atoms with van der Waals surface area (Å²) >= 11 is 0. The predicted molar refractivity (Wildman–Crippen MR) is 173 cm³/mol. The Morgan fingerprint density at radius 2 is 1.93 bits per heavy atom. The zero-order valence-electron chi connectivity index (χ0n) is 26.1. The Hall–Kier alpha value is -4.44. The van der Waals surface area contributed by atoms with Crippen molar-refractivity contribution in [2.24, 2.45) is 0 Å². The van der Waals surface area contributed by atoms with Gasteiger partial charge in [-0.3, -0.25) is 0 Å². The van der Waals surface area contributed by atoms with E-state index in [1.165, 1.54) is 0 Å². The van der Waals surface area contributed by atoms with Crippen LogP contribution in [-0.2, 0) is 4.74 Å². The van der Waals surface area contributed by atoms with Crippen LogP contribution in [0.15, 0.2) is 60.9 Å². The molecule has 10 heteroatoms. The molecule has 0 unspecified atom stereocenters. The molecule has 0 bridgehead atoms. The van der Waals surface area contributed by atoms with Gasteiger partial charge in [0, 0.05) is 54.5 Å². The molecule has 4 aromatic rings. The molecular formula is C34H42N6O4. The lowest BCUT2D eigenvalue weighted by atomic mass is 10.0. The number of ether oxygens (including phenoxy) is 2. The Balaban J connectivity index is 1.37. The van der Waals surface area contributed by atoms with Gasteiger partial charge in [0.25, 0.3) is 0 Å². The number of nitrogens with zero attached hydrogens (tertiary/aromatic N) is 4. The van der Waals surface area contributed by atoms with Crippen LogP contribution in [0.1, 0.15) is 52.5 Å². The van der Waals surface area contributed by atoms with Gasteiger partial charge < -0.3 is 30.1 Å². The third-order valence-electron chi connectivity index (χ3n) is 7.52. The van der Waals surface area contributed by atoms with Crippen molar-refractivity contribution in [3.63, 3.8) is 0 Å². The predicted octanol–water partition coefficient (Wildman–Crippen LogP) is 6.79. The number of aromatic nitrogens is 3. The fraction of sp³-hybridized carbons (Fsp3) is 0.412. The second kappa shape index (κ2) is 13.5. The molecule has 1 fully saturated rings. The smallest absolute Gasteiger partial charge is 0.410 e. The Kier molecular flexibility index (Phi) is 9.49. The second-order valence-electron chi connectivity index (χ2n) is 12.2. The first-order valence-corrected chi connectivity index (χ1v) is 15.3. The molecule has 3 N–H and O–H groups in total. The topological polar surface area (TPSA) is 122 Å². The SMILES string of the molecule is CC[C@H](O)CNc1cccc2c(Oc3ncccc3-c3ccnc(N[C@H]4CCCN(C(=O)OC(C)(C)C)C4)n3)c(C)ccc12. The molecule has 232 valence electrons. The highest BCUT2D eigenvalue weighted by atomic mass is 16.6. The van der Waals surface area contributed by atoms with Crippen LogP contribution in [-0.4, -0.2) is 68.4 Å². The number of anilines is 2. The van der Waals surface area contributed by atoms with E-state index >= 15 is 0 Å². The second-order valence-corrected chi connectivity index (χ2v) is 12.2. The minimum Gasteiger partial charge on any atom is -0.444 e. The molecule has 1 amide bonds. The summed E-state index contributed by atoms with van der Waals surface area (Å²) in [6.07, 6.45) is 5.12. The Bertz CT molecular complexity index is 1600. The number of rotatable bonds is 9. The summed E-state index contributed by atoms with van der Waals surface area (Å²) in [6, 6.07) is 15.7. The zero-order chi connectivity index (χ0) is 31.3. The van der Waals surface area contributed by atoms with Crippen LogP contribution < -0.4 is 15.4 Å². The van der Waals surface area contributed by atoms with Crippen LogP contribution in [0.2, 0.25) is 0 Å². The fourth-order valence-electron chi connectivity index (χ4n) is 5.21. The van der Waals surface area contributed by atoms with Gasteiger partial charge in [0.1, 0.15) is 11.4 Å². The number of aliphatic hydroxyl groups is 1. The molecule has 2 aromatic carbocycles. The van der Waals surface area contributed by atoms with E-state index < -0.39 is 11.7 Å². The van der Waals surface area contributed by atoms with E-state index in [0.717, 1.165) is 40.4 Å². The monoisotopic (exact) mass is 598 g/mol. The van der Waals surface area contributed by atoms with E-state index in [4.69, 9.17) is 14.5 Å². The molecule has 0 spiro atoms. The summed E-state index contributed by atoms with van der Waals surface area (Å²) in [5.41, 5.74) is 2.76. The first kappa shape index (κ1) is 31.0. The Morgan fingerprint density at radius 3 is 2.73 bits per heavy atom. The average molecular weight is 599 g/mol. The van der Waals surface area contributed by atoms with Crippen molar-refractivity contribution in [3.05, 3.63) is 66.5 Å². The lowest BCUT2D eigenvalue weighted by molar-refractivity contribution is 0.0206. The molecule has 0 saturated carbocycles. The number of nitrogens with one attached hydrogen (secondary N) is 2. The van der Waals surface area contributed by atoms with Crippen LogP contribution in [0.5, 0.6) is 11.6 Å². The third-order valence-corrected chi connectivity index (χ3v) is 7.52. The number of hydrogen-bond acceptors (Lipinski definition) is 9. The van der Waals surface area contributed by atoms with Crippen molar-refractivity contribution in [1.82, 2.24) is 19.9 Å². The Morgan fingerprint density at radius 1 is 1.09 bits per heavy atom. The number of aryl methyl sites for hydroxylation is 1. The number of pyridine rings is 1. The standard InChI is InChI=1S/C34H42N6O4/c1-6-24(41)20-37-28-13-7-11-26-25(28)15-14-22(2)30(26)43-31-27(12-8-17-35-31)29-16-18-36-32(39-29)38-23-10-9-19-40(21-23)33(42)44-34(3,4)5/h7-8,11-18,23-24,37,41H,6,9-10,19-21H2,1-5H3,(H,36,38,39)/t23-,24-/m0/s1. The number of carbonyl (C=O) groups is 1. The van der Waals surface area contributed by atoms with Crippen LogP contribution in [0.25, 0.3) is 22.0 Å². The van der Waals surface area contributed by atoms with E-state index in [0.29, 0.717) is 49.3 Å². The van der Waals surface area contributed by atoms with Crippen molar-refractivity contribution in [3.8, 4) is 22.9 Å². The number of fused-ring (bicyclic) bond motifs is 1. The van der Waals surface area contributed by atoms with Gasteiger partial charge in [0.05, 0.1) is 17.4 Å². The van der Waals surface area contributed by atoms with Gasteiger partial charge in [-0.2, -0.15) is 0 Å². The number of hydrogen-bond donors (Lipinski definition) is 3. The highest BCUT2D eigenvalue weighted by molar-refractivity contribution is 5.98. The quantitative estimate of drug-likeness (QED) is 0.191.